The van der Waals surface area contributed by atoms with E-state index in [1.807, 2.05) is 42.2 Å². The van der Waals surface area contributed by atoms with Gasteiger partial charge in [-0.05, 0) is 43.2 Å². The van der Waals surface area contributed by atoms with Gasteiger partial charge < -0.3 is 14.6 Å². The lowest BCUT2D eigenvalue weighted by Crippen LogP contribution is -2.32. The molecule has 1 aliphatic rings. The highest BCUT2D eigenvalue weighted by Gasteiger charge is 2.28. The molecule has 0 bridgehead atoms. The van der Waals surface area contributed by atoms with Crippen LogP contribution in [0.15, 0.2) is 45.5 Å². The van der Waals surface area contributed by atoms with Gasteiger partial charge in [0.1, 0.15) is 5.76 Å². The summed E-state index contributed by atoms with van der Waals surface area (Å²) in [5.74, 6) is 1.26. The molecular formula is C16H17BrN2O2. The number of halogens is 1. The average molecular weight is 349 g/mol. The molecule has 5 heteroatoms. The minimum absolute atomic E-state index is 0.0557. The van der Waals surface area contributed by atoms with Crippen molar-refractivity contribution in [3.05, 3.63) is 52.4 Å². The van der Waals surface area contributed by atoms with Crippen LogP contribution in [0.2, 0.25) is 0 Å². The highest BCUT2D eigenvalue weighted by atomic mass is 79.9. The molecule has 1 unspecified atom stereocenters. The Morgan fingerprint density at radius 3 is 3.00 bits per heavy atom. The zero-order valence-corrected chi connectivity index (χ0v) is 13.4. The fourth-order valence-corrected chi connectivity index (χ4v) is 2.95. The summed E-state index contributed by atoms with van der Waals surface area (Å²) in [6.45, 7) is 3.47. The second-order valence-electron chi connectivity index (χ2n) is 5.34. The van der Waals surface area contributed by atoms with Gasteiger partial charge in [0.2, 0.25) is 0 Å². The Balaban J connectivity index is 1.62. The van der Waals surface area contributed by atoms with Crippen molar-refractivity contribution in [2.45, 2.75) is 19.3 Å². The van der Waals surface area contributed by atoms with Crippen LogP contribution in [-0.4, -0.2) is 24.0 Å². The molecule has 110 valence electrons. The molecule has 4 nitrogen and oxygen atoms in total. The molecule has 0 aliphatic carbocycles. The number of rotatable bonds is 2. The topological polar surface area (TPSA) is 45.5 Å². The van der Waals surface area contributed by atoms with Crippen LogP contribution in [0.5, 0.6) is 0 Å². The van der Waals surface area contributed by atoms with Crippen LogP contribution in [0.3, 0.4) is 0 Å². The van der Waals surface area contributed by atoms with Crippen LogP contribution in [0.1, 0.15) is 23.7 Å². The third-order valence-electron chi connectivity index (χ3n) is 3.84. The van der Waals surface area contributed by atoms with E-state index in [2.05, 4.69) is 21.2 Å². The molecule has 0 radical (unpaired) electrons. The number of furan rings is 1. The zero-order chi connectivity index (χ0) is 14.8. The third-order valence-corrected chi connectivity index (χ3v) is 4.70. The van der Waals surface area contributed by atoms with Crippen molar-refractivity contribution >= 4 is 27.6 Å². The molecule has 3 rings (SSSR count). The first-order valence-electron chi connectivity index (χ1n) is 6.99. The van der Waals surface area contributed by atoms with Gasteiger partial charge in [-0.25, -0.2) is 4.79 Å². The molecule has 1 N–H and O–H groups in total. The predicted molar refractivity (Wildman–Crippen MR) is 85.5 cm³/mol. The molecule has 2 aromatic rings. The number of hydrogen-bond acceptors (Lipinski definition) is 2. The Hall–Kier alpha value is -1.75. The first-order chi connectivity index (χ1) is 10.1. The average Bonchev–Trinajstić information content (AvgIpc) is 3.12. The fourth-order valence-electron chi connectivity index (χ4n) is 2.57. The minimum atomic E-state index is -0.0557. The van der Waals surface area contributed by atoms with Crippen molar-refractivity contribution in [1.82, 2.24) is 4.90 Å². The lowest BCUT2D eigenvalue weighted by atomic mass is 10.1. The number of anilines is 1. The summed E-state index contributed by atoms with van der Waals surface area (Å²) < 4.78 is 6.42. The molecule has 0 saturated carbocycles. The van der Waals surface area contributed by atoms with E-state index in [4.69, 9.17) is 4.42 Å². The Labute approximate surface area is 132 Å². The van der Waals surface area contributed by atoms with Crippen molar-refractivity contribution in [1.29, 1.82) is 0 Å². The van der Waals surface area contributed by atoms with E-state index in [0.29, 0.717) is 12.5 Å². The monoisotopic (exact) mass is 348 g/mol. The molecule has 1 aliphatic heterocycles. The number of nitrogens with zero attached hydrogens (tertiary/aromatic N) is 1. The van der Waals surface area contributed by atoms with Crippen molar-refractivity contribution in [2.75, 3.05) is 18.4 Å². The standard InChI is InChI=1S/C16H17BrN2O2/c1-11-4-5-13(9-14(11)17)18-16(20)19-7-6-12(10-19)15-3-2-8-21-15/h2-5,8-9,12H,6-7,10H2,1H3,(H,18,20). The molecule has 1 fully saturated rings. The normalized spacial score (nSPS) is 18.0. The van der Waals surface area contributed by atoms with Crippen molar-refractivity contribution in [3.8, 4) is 0 Å². The molecule has 1 atom stereocenters. The van der Waals surface area contributed by atoms with Gasteiger partial charge in [0, 0.05) is 29.2 Å². The van der Waals surface area contributed by atoms with Gasteiger partial charge in [-0.15, -0.1) is 0 Å². The van der Waals surface area contributed by atoms with Gasteiger partial charge in [0.25, 0.3) is 0 Å². The fraction of sp³-hybridized carbons (Fsp3) is 0.312. The van der Waals surface area contributed by atoms with Crippen molar-refractivity contribution in [3.63, 3.8) is 0 Å². The zero-order valence-electron chi connectivity index (χ0n) is 11.8. The summed E-state index contributed by atoms with van der Waals surface area (Å²) in [6, 6.07) is 9.63. The lowest BCUT2D eigenvalue weighted by molar-refractivity contribution is 0.221. The maximum atomic E-state index is 12.3. The number of nitrogens with one attached hydrogen (secondary N) is 1. The summed E-state index contributed by atoms with van der Waals surface area (Å²) in [5, 5.41) is 2.94. The molecule has 21 heavy (non-hydrogen) atoms. The molecule has 0 spiro atoms. The van der Waals surface area contributed by atoms with Crippen molar-refractivity contribution < 1.29 is 9.21 Å². The number of likely N-dealkylation sites (tertiary alicyclic amines) is 1. The van der Waals surface area contributed by atoms with Gasteiger partial charge in [0.15, 0.2) is 0 Å². The van der Waals surface area contributed by atoms with Crippen LogP contribution in [0.25, 0.3) is 0 Å². The van der Waals surface area contributed by atoms with E-state index < -0.39 is 0 Å². The first kappa shape index (κ1) is 14.2. The predicted octanol–water partition coefficient (Wildman–Crippen LogP) is 4.37. The second-order valence-corrected chi connectivity index (χ2v) is 6.20. The molecule has 1 saturated heterocycles. The molecule has 1 aromatic carbocycles. The Morgan fingerprint density at radius 2 is 2.29 bits per heavy atom. The van der Waals surface area contributed by atoms with Crippen LogP contribution in [-0.2, 0) is 0 Å². The van der Waals surface area contributed by atoms with Gasteiger partial charge in [-0.1, -0.05) is 22.0 Å². The number of carbonyl (C=O) groups is 1. The summed E-state index contributed by atoms with van der Waals surface area (Å²) in [7, 11) is 0. The Bertz CT molecular complexity index is 640. The summed E-state index contributed by atoms with van der Waals surface area (Å²) >= 11 is 3.48. The number of amides is 2. The van der Waals surface area contributed by atoms with Gasteiger partial charge >= 0.3 is 6.03 Å². The molecule has 1 aromatic heterocycles. The van der Waals surface area contributed by atoms with E-state index in [9.17, 15) is 4.79 Å². The van der Waals surface area contributed by atoms with Gasteiger partial charge in [-0.3, -0.25) is 0 Å². The summed E-state index contributed by atoms with van der Waals surface area (Å²) in [4.78, 5) is 14.1. The number of hydrogen-bond donors (Lipinski definition) is 1. The van der Waals surface area contributed by atoms with E-state index in [0.717, 1.165) is 34.4 Å². The highest BCUT2D eigenvalue weighted by molar-refractivity contribution is 9.10. The first-order valence-corrected chi connectivity index (χ1v) is 7.78. The summed E-state index contributed by atoms with van der Waals surface area (Å²) in [6.07, 6.45) is 2.63. The minimum Gasteiger partial charge on any atom is -0.469 e. The SMILES string of the molecule is Cc1ccc(NC(=O)N2CCC(c3ccco3)C2)cc1Br. The molecule has 2 heterocycles. The van der Waals surface area contributed by atoms with Crippen LogP contribution in [0.4, 0.5) is 10.5 Å². The number of urea groups is 1. The number of aryl methyl sites for hydroxylation is 1. The smallest absolute Gasteiger partial charge is 0.321 e. The Morgan fingerprint density at radius 1 is 1.43 bits per heavy atom. The summed E-state index contributed by atoms with van der Waals surface area (Å²) in [5.41, 5.74) is 1.95. The third kappa shape index (κ3) is 3.13. The number of carbonyl (C=O) groups excluding carboxylic acids is 1. The number of benzene rings is 1. The molecular weight excluding hydrogens is 332 g/mol. The lowest BCUT2D eigenvalue weighted by Gasteiger charge is -2.17. The van der Waals surface area contributed by atoms with Gasteiger partial charge in [0.05, 0.1) is 6.26 Å². The maximum Gasteiger partial charge on any atom is 0.321 e. The van der Waals surface area contributed by atoms with Gasteiger partial charge in [-0.2, -0.15) is 0 Å². The quantitative estimate of drug-likeness (QED) is 0.875. The second kappa shape index (κ2) is 5.93. The van der Waals surface area contributed by atoms with Crippen LogP contribution < -0.4 is 5.32 Å². The van der Waals surface area contributed by atoms with Crippen LogP contribution in [0, 0.1) is 6.92 Å². The van der Waals surface area contributed by atoms with E-state index in [1.54, 1.807) is 6.26 Å². The maximum absolute atomic E-state index is 12.3. The van der Waals surface area contributed by atoms with E-state index in [1.165, 1.54) is 0 Å². The van der Waals surface area contributed by atoms with Crippen molar-refractivity contribution in [2.24, 2.45) is 0 Å². The molecule has 2 amide bonds. The highest BCUT2D eigenvalue weighted by Crippen LogP contribution is 2.28. The largest absolute Gasteiger partial charge is 0.469 e. The Kier molecular flexibility index (Phi) is 4.01. The van der Waals surface area contributed by atoms with E-state index >= 15 is 0 Å². The van der Waals surface area contributed by atoms with E-state index in [-0.39, 0.29) is 6.03 Å². The van der Waals surface area contributed by atoms with Crippen LogP contribution >= 0.6 is 15.9 Å².